The van der Waals surface area contributed by atoms with Crippen molar-refractivity contribution in [3.05, 3.63) is 101 Å². The molecule has 1 N–H and O–H groups in total. The molecule has 2 aliphatic rings. The zero-order valence-electron chi connectivity index (χ0n) is 19.9. The van der Waals surface area contributed by atoms with Crippen LogP contribution in [-0.2, 0) is 21.6 Å². The summed E-state index contributed by atoms with van der Waals surface area (Å²) in [5.41, 5.74) is 2.03. The standard InChI is InChI=1S/C28H27F2N3O3/c1-18(34)32-25-20-5-2-3-6-21(20)28(26(25)36-17-19-9-13-31-14-10-19)11-15-33(16-12-28)27(35)24-22(29)7-4-8-23(24)30/h2-10,13-14,25-26H,11-12,15-17H2,1H3,(H,32,34)/t25-,26+/m0/s1. The van der Waals surface area contributed by atoms with E-state index in [1.807, 2.05) is 36.4 Å². The Kier molecular flexibility index (Phi) is 6.53. The number of fused-ring (bicyclic) bond motifs is 2. The number of likely N-dealkylation sites (tertiary alicyclic amines) is 1. The van der Waals surface area contributed by atoms with Crippen molar-refractivity contribution in [2.75, 3.05) is 13.1 Å². The molecule has 1 saturated heterocycles. The maximum absolute atomic E-state index is 14.3. The van der Waals surface area contributed by atoms with Crippen LogP contribution in [0.2, 0.25) is 0 Å². The summed E-state index contributed by atoms with van der Waals surface area (Å²) in [5, 5.41) is 3.07. The molecule has 6 nitrogen and oxygen atoms in total. The molecule has 1 fully saturated rings. The number of carbonyl (C=O) groups excluding carboxylic acids is 2. The topological polar surface area (TPSA) is 71.5 Å². The number of aromatic nitrogens is 1. The van der Waals surface area contributed by atoms with Gasteiger partial charge in [0.05, 0.1) is 18.8 Å². The van der Waals surface area contributed by atoms with E-state index >= 15 is 0 Å². The Hall–Kier alpha value is -3.65. The quantitative estimate of drug-likeness (QED) is 0.578. The summed E-state index contributed by atoms with van der Waals surface area (Å²) in [4.78, 5) is 30.8. The van der Waals surface area contributed by atoms with Gasteiger partial charge in [-0.25, -0.2) is 8.78 Å². The normalized spacial score (nSPS) is 20.2. The van der Waals surface area contributed by atoms with Gasteiger partial charge in [-0.2, -0.15) is 0 Å². The van der Waals surface area contributed by atoms with Gasteiger partial charge in [-0.1, -0.05) is 30.3 Å². The number of halogens is 2. The molecule has 1 spiro atoms. The predicted octanol–water partition coefficient (Wildman–Crippen LogP) is 4.31. The molecule has 2 amide bonds. The van der Waals surface area contributed by atoms with Crippen LogP contribution >= 0.6 is 0 Å². The molecule has 0 radical (unpaired) electrons. The molecule has 1 aliphatic carbocycles. The fourth-order valence-corrected chi connectivity index (χ4v) is 5.67. The predicted molar refractivity (Wildman–Crippen MR) is 129 cm³/mol. The van der Waals surface area contributed by atoms with Gasteiger partial charge in [0.15, 0.2) is 0 Å². The molecule has 1 aliphatic heterocycles. The molecule has 36 heavy (non-hydrogen) atoms. The summed E-state index contributed by atoms with van der Waals surface area (Å²) in [6.07, 6.45) is 4.09. The molecule has 0 saturated carbocycles. The molecule has 0 bridgehead atoms. The average molecular weight is 492 g/mol. The van der Waals surface area contributed by atoms with Crippen LogP contribution < -0.4 is 5.32 Å². The highest BCUT2D eigenvalue weighted by molar-refractivity contribution is 5.94. The van der Waals surface area contributed by atoms with Gasteiger partial charge < -0.3 is 15.0 Å². The summed E-state index contributed by atoms with van der Waals surface area (Å²) in [6, 6.07) is 14.8. The largest absolute Gasteiger partial charge is 0.370 e. The lowest BCUT2D eigenvalue weighted by Crippen LogP contribution is -2.52. The molecule has 8 heteroatoms. The Labute approximate surface area is 208 Å². The van der Waals surface area contributed by atoms with Gasteiger partial charge in [-0.05, 0) is 53.8 Å². The first kappa shape index (κ1) is 24.1. The van der Waals surface area contributed by atoms with Crippen molar-refractivity contribution >= 4 is 11.8 Å². The molecule has 5 rings (SSSR count). The van der Waals surface area contributed by atoms with Crippen LogP contribution in [-0.4, -0.2) is 40.9 Å². The minimum atomic E-state index is -0.865. The van der Waals surface area contributed by atoms with Crippen LogP contribution in [0.5, 0.6) is 0 Å². The molecule has 2 aromatic carbocycles. The Morgan fingerprint density at radius 3 is 2.36 bits per heavy atom. The fourth-order valence-electron chi connectivity index (χ4n) is 5.67. The number of rotatable bonds is 5. The van der Waals surface area contributed by atoms with Crippen molar-refractivity contribution in [1.82, 2.24) is 15.2 Å². The number of hydrogen-bond acceptors (Lipinski definition) is 4. The maximum atomic E-state index is 14.3. The average Bonchev–Trinajstić information content (AvgIpc) is 3.11. The number of nitrogens with zero attached hydrogens (tertiary/aromatic N) is 2. The Balaban J connectivity index is 1.45. The summed E-state index contributed by atoms with van der Waals surface area (Å²) >= 11 is 0. The van der Waals surface area contributed by atoms with Crippen LogP contribution in [0, 0.1) is 11.6 Å². The smallest absolute Gasteiger partial charge is 0.259 e. The lowest BCUT2D eigenvalue weighted by atomic mass is 9.71. The van der Waals surface area contributed by atoms with E-state index in [-0.39, 0.29) is 18.1 Å². The third-order valence-electron chi connectivity index (χ3n) is 7.34. The second-order valence-corrected chi connectivity index (χ2v) is 9.40. The lowest BCUT2D eigenvalue weighted by molar-refractivity contribution is -0.122. The highest BCUT2D eigenvalue weighted by atomic mass is 19.1. The Bertz CT molecular complexity index is 1260. The monoisotopic (exact) mass is 491 g/mol. The zero-order valence-corrected chi connectivity index (χ0v) is 19.9. The molecule has 0 unspecified atom stereocenters. The fraction of sp³-hybridized carbons (Fsp3) is 0.321. The SMILES string of the molecule is CC(=O)N[C@H]1c2ccccc2C2(CCN(C(=O)c3c(F)cccc3F)CC2)[C@@H]1OCc1ccncc1. The number of carbonyl (C=O) groups is 2. The van der Waals surface area contributed by atoms with Gasteiger partial charge in [0.2, 0.25) is 5.91 Å². The highest BCUT2D eigenvalue weighted by Gasteiger charge is 2.54. The Morgan fingerprint density at radius 2 is 1.69 bits per heavy atom. The van der Waals surface area contributed by atoms with E-state index in [4.69, 9.17) is 4.74 Å². The molecular formula is C28H27F2N3O3. The summed E-state index contributed by atoms with van der Waals surface area (Å²) in [6.45, 7) is 2.44. The van der Waals surface area contributed by atoms with E-state index < -0.39 is 28.5 Å². The number of nitrogens with one attached hydrogen (secondary N) is 1. The van der Waals surface area contributed by atoms with Gasteiger partial charge in [0, 0.05) is 37.8 Å². The first-order valence-corrected chi connectivity index (χ1v) is 12.0. The van der Waals surface area contributed by atoms with Crippen molar-refractivity contribution in [1.29, 1.82) is 0 Å². The van der Waals surface area contributed by atoms with Crippen LogP contribution in [0.25, 0.3) is 0 Å². The number of piperidine rings is 1. The number of ether oxygens (including phenoxy) is 1. The van der Waals surface area contributed by atoms with E-state index in [0.717, 1.165) is 28.8 Å². The van der Waals surface area contributed by atoms with Gasteiger partial charge in [0.1, 0.15) is 17.2 Å². The number of amides is 2. The molecule has 1 aromatic heterocycles. The molecule has 186 valence electrons. The highest BCUT2D eigenvalue weighted by Crippen LogP contribution is 2.52. The number of benzene rings is 2. The first-order valence-electron chi connectivity index (χ1n) is 12.0. The molecule has 3 aromatic rings. The first-order chi connectivity index (χ1) is 17.4. The third-order valence-corrected chi connectivity index (χ3v) is 7.34. The minimum absolute atomic E-state index is 0.160. The van der Waals surface area contributed by atoms with E-state index in [2.05, 4.69) is 10.3 Å². The summed E-state index contributed by atoms with van der Waals surface area (Å²) in [7, 11) is 0. The second kappa shape index (κ2) is 9.78. The van der Waals surface area contributed by atoms with Gasteiger partial charge in [-0.15, -0.1) is 0 Å². The second-order valence-electron chi connectivity index (χ2n) is 9.40. The third kappa shape index (κ3) is 4.26. The maximum Gasteiger partial charge on any atom is 0.259 e. The van der Waals surface area contributed by atoms with Crippen LogP contribution in [0.15, 0.2) is 67.0 Å². The van der Waals surface area contributed by atoms with Gasteiger partial charge >= 0.3 is 0 Å². The number of pyridine rings is 1. The Morgan fingerprint density at radius 1 is 1.03 bits per heavy atom. The van der Waals surface area contributed by atoms with E-state index in [1.54, 1.807) is 12.4 Å². The molecule has 2 heterocycles. The van der Waals surface area contributed by atoms with Gasteiger partial charge in [0.25, 0.3) is 5.91 Å². The molecular weight excluding hydrogens is 464 g/mol. The van der Waals surface area contributed by atoms with E-state index in [9.17, 15) is 18.4 Å². The van der Waals surface area contributed by atoms with Crippen LogP contribution in [0.4, 0.5) is 8.78 Å². The van der Waals surface area contributed by atoms with Crippen LogP contribution in [0.3, 0.4) is 0 Å². The van der Waals surface area contributed by atoms with E-state index in [0.29, 0.717) is 32.5 Å². The van der Waals surface area contributed by atoms with Crippen LogP contribution in [0.1, 0.15) is 52.9 Å². The van der Waals surface area contributed by atoms with Crippen molar-refractivity contribution in [3.8, 4) is 0 Å². The molecule has 2 atom stereocenters. The lowest BCUT2D eigenvalue weighted by Gasteiger charge is -2.44. The van der Waals surface area contributed by atoms with Crippen molar-refractivity contribution in [2.24, 2.45) is 0 Å². The van der Waals surface area contributed by atoms with E-state index in [1.165, 1.54) is 17.9 Å². The summed E-state index contributed by atoms with van der Waals surface area (Å²) < 4.78 is 35.1. The summed E-state index contributed by atoms with van der Waals surface area (Å²) in [5.74, 6) is -2.54. The van der Waals surface area contributed by atoms with Crippen molar-refractivity contribution in [2.45, 2.75) is 43.9 Å². The van der Waals surface area contributed by atoms with Gasteiger partial charge in [-0.3, -0.25) is 14.6 Å². The minimum Gasteiger partial charge on any atom is -0.370 e. The zero-order chi connectivity index (χ0) is 25.3. The van der Waals surface area contributed by atoms with Crippen molar-refractivity contribution < 1.29 is 23.1 Å². The number of hydrogen-bond donors (Lipinski definition) is 1. The van der Waals surface area contributed by atoms with Crippen molar-refractivity contribution in [3.63, 3.8) is 0 Å².